The number of rotatable bonds is 1. The van der Waals surface area contributed by atoms with E-state index >= 15 is 0 Å². The summed E-state index contributed by atoms with van der Waals surface area (Å²) in [5, 5.41) is 2.66. The molecular weight excluding hydrogens is 218 g/mol. The first-order valence-electron chi connectivity index (χ1n) is 5.60. The van der Waals surface area contributed by atoms with Gasteiger partial charge in [-0.05, 0) is 12.8 Å². The molecule has 92 valence electrons. The van der Waals surface area contributed by atoms with Crippen LogP contribution in [-0.4, -0.2) is 49.2 Å². The van der Waals surface area contributed by atoms with Gasteiger partial charge in [0.2, 0.25) is 0 Å². The third-order valence-corrected chi connectivity index (χ3v) is 2.99. The molecule has 2 aliphatic rings. The summed E-state index contributed by atoms with van der Waals surface area (Å²) >= 11 is 0. The van der Waals surface area contributed by atoms with Gasteiger partial charge in [0.1, 0.15) is 0 Å². The molecule has 0 radical (unpaired) electrons. The van der Waals surface area contributed by atoms with Gasteiger partial charge in [-0.15, -0.1) is 0 Å². The van der Waals surface area contributed by atoms with E-state index in [1.807, 2.05) is 0 Å². The molecule has 2 saturated heterocycles. The molecule has 2 heterocycles. The highest BCUT2D eigenvalue weighted by molar-refractivity contribution is 5.68. The Morgan fingerprint density at radius 1 is 1.44 bits per heavy atom. The molecule has 0 spiro atoms. The van der Waals surface area contributed by atoms with E-state index in [4.69, 9.17) is 4.74 Å². The van der Waals surface area contributed by atoms with Crippen molar-refractivity contribution in [3.8, 4) is 0 Å². The van der Waals surface area contributed by atoms with Crippen molar-refractivity contribution < 1.29 is 18.3 Å². The number of carbonyl (C=O) groups excluding carboxylic acids is 1. The van der Waals surface area contributed by atoms with Gasteiger partial charge in [0, 0.05) is 19.5 Å². The van der Waals surface area contributed by atoms with Crippen molar-refractivity contribution in [2.24, 2.45) is 0 Å². The number of halogens is 2. The third-order valence-electron chi connectivity index (χ3n) is 2.99. The molecule has 1 atom stereocenters. The lowest BCUT2D eigenvalue weighted by atomic mass is 10.0. The summed E-state index contributed by atoms with van der Waals surface area (Å²) in [6, 6.07) is -0.450. The zero-order valence-electron chi connectivity index (χ0n) is 9.05. The van der Waals surface area contributed by atoms with Crippen LogP contribution in [0.25, 0.3) is 0 Å². The van der Waals surface area contributed by atoms with E-state index in [2.05, 4.69) is 5.32 Å². The van der Waals surface area contributed by atoms with E-state index in [1.54, 1.807) is 0 Å². The van der Waals surface area contributed by atoms with Gasteiger partial charge in [0.15, 0.2) is 0 Å². The molecule has 4 nitrogen and oxygen atoms in total. The van der Waals surface area contributed by atoms with Gasteiger partial charge in [0.25, 0.3) is 5.92 Å². The number of piperidine rings is 1. The van der Waals surface area contributed by atoms with Crippen LogP contribution < -0.4 is 5.32 Å². The zero-order valence-corrected chi connectivity index (χ0v) is 9.05. The van der Waals surface area contributed by atoms with Crippen LogP contribution in [0.3, 0.4) is 0 Å². The fraction of sp³-hybridized carbons (Fsp3) is 0.900. The maximum absolute atomic E-state index is 13.2. The van der Waals surface area contributed by atoms with Crippen LogP contribution in [0.1, 0.15) is 19.3 Å². The summed E-state index contributed by atoms with van der Waals surface area (Å²) in [7, 11) is 0. The molecule has 0 unspecified atom stereocenters. The van der Waals surface area contributed by atoms with Crippen LogP contribution in [-0.2, 0) is 4.74 Å². The highest BCUT2D eigenvalue weighted by atomic mass is 19.3. The number of cyclic esters (lactones) is 1. The number of carbonyl (C=O) groups is 1. The Kier molecular flexibility index (Phi) is 3.28. The molecule has 0 bridgehead atoms. The van der Waals surface area contributed by atoms with E-state index in [0.29, 0.717) is 19.7 Å². The number of alkyl halides is 2. The largest absolute Gasteiger partial charge is 0.449 e. The minimum absolute atomic E-state index is 0.269. The highest BCUT2D eigenvalue weighted by Crippen LogP contribution is 2.26. The molecule has 2 fully saturated rings. The molecule has 6 heteroatoms. The lowest BCUT2D eigenvalue weighted by Gasteiger charge is -2.36. The fourth-order valence-electron chi connectivity index (χ4n) is 2.18. The molecule has 0 aliphatic carbocycles. The van der Waals surface area contributed by atoms with Crippen molar-refractivity contribution >= 4 is 6.09 Å². The smallest absolute Gasteiger partial charge is 0.410 e. The molecule has 2 rings (SSSR count). The SMILES string of the molecule is O=C1OCCCCN1[C@H]1CNCC(F)(F)C1. The lowest BCUT2D eigenvalue weighted by Crippen LogP contribution is -2.55. The number of nitrogens with one attached hydrogen (secondary N) is 1. The Balaban J connectivity index is 2.01. The number of amides is 1. The maximum atomic E-state index is 13.2. The summed E-state index contributed by atoms with van der Waals surface area (Å²) in [4.78, 5) is 13.0. The number of nitrogens with zero attached hydrogens (tertiary/aromatic N) is 1. The van der Waals surface area contributed by atoms with E-state index in [-0.39, 0.29) is 13.0 Å². The maximum Gasteiger partial charge on any atom is 0.410 e. The molecule has 16 heavy (non-hydrogen) atoms. The molecule has 0 aromatic heterocycles. The summed E-state index contributed by atoms with van der Waals surface area (Å²) in [6.07, 6.45) is 0.892. The first kappa shape index (κ1) is 11.6. The Labute approximate surface area is 92.9 Å². The van der Waals surface area contributed by atoms with Crippen LogP contribution in [0.2, 0.25) is 0 Å². The van der Waals surface area contributed by atoms with Crippen LogP contribution in [0.5, 0.6) is 0 Å². The summed E-state index contributed by atoms with van der Waals surface area (Å²) in [5.41, 5.74) is 0. The van der Waals surface area contributed by atoms with Crippen LogP contribution in [0.4, 0.5) is 13.6 Å². The first-order valence-corrected chi connectivity index (χ1v) is 5.60. The van der Waals surface area contributed by atoms with Crippen molar-refractivity contribution in [2.45, 2.75) is 31.2 Å². The zero-order chi connectivity index (χ0) is 11.6. The second-order valence-electron chi connectivity index (χ2n) is 4.36. The first-order chi connectivity index (χ1) is 7.58. The van der Waals surface area contributed by atoms with Gasteiger partial charge < -0.3 is 15.0 Å². The summed E-state index contributed by atoms with van der Waals surface area (Å²) < 4.78 is 31.3. The third kappa shape index (κ3) is 2.61. The number of ether oxygens (including phenoxy) is 1. The second-order valence-corrected chi connectivity index (χ2v) is 4.36. The molecule has 0 aromatic rings. The van der Waals surface area contributed by atoms with Gasteiger partial charge >= 0.3 is 6.09 Å². The van der Waals surface area contributed by atoms with Crippen LogP contribution in [0, 0.1) is 0 Å². The van der Waals surface area contributed by atoms with E-state index in [1.165, 1.54) is 4.90 Å². The standard InChI is InChI=1S/C10H16F2N2O2/c11-10(12)5-8(6-13-7-10)14-3-1-2-4-16-9(14)15/h8,13H,1-7H2/t8-/m1/s1. The van der Waals surface area contributed by atoms with Gasteiger partial charge in [-0.3, -0.25) is 0 Å². The van der Waals surface area contributed by atoms with Crippen LogP contribution in [0.15, 0.2) is 0 Å². The van der Waals surface area contributed by atoms with Gasteiger partial charge in [-0.1, -0.05) is 0 Å². The average molecular weight is 234 g/mol. The molecular formula is C10H16F2N2O2. The van der Waals surface area contributed by atoms with Crippen molar-refractivity contribution in [3.05, 3.63) is 0 Å². The monoisotopic (exact) mass is 234 g/mol. The minimum atomic E-state index is -2.73. The molecule has 2 aliphatic heterocycles. The molecule has 1 N–H and O–H groups in total. The van der Waals surface area contributed by atoms with Crippen molar-refractivity contribution in [1.29, 1.82) is 0 Å². The lowest BCUT2D eigenvalue weighted by molar-refractivity contribution is -0.0476. The van der Waals surface area contributed by atoms with Gasteiger partial charge in [-0.25, -0.2) is 13.6 Å². The number of hydrogen-bond acceptors (Lipinski definition) is 3. The molecule has 0 saturated carbocycles. The minimum Gasteiger partial charge on any atom is -0.449 e. The Morgan fingerprint density at radius 3 is 3.00 bits per heavy atom. The topological polar surface area (TPSA) is 41.6 Å². The van der Waals surface area contributed by atoms with Crippen molar-refractivity contribution in [2.75, 3.05) is 26.2 Å². The Morgan fingerprint density at radius 2 is 2.25 bits per heavy atom. The van der Waals surface area contributed by atoms with Crippen LogP contribution >= 0.6 is 0 Å². The average Bonchev–Trinajstić information content (AvgIpc) is 2.41. The predicted molar refractivity (Wildman–Crippen MR) is 53.5 cm³/mol. The fourth-order valence-corrected chi connectivity index (χ4v) is 2.18. The van der Waals surface area contributed by atoms with Crippen molar-refractivity contribution in [3.63, 3.8) is 0 Å². The molecule has 1 amide bonds. The van der Waals surface area contributed by atoms with E-state index < -0.39 is 18.1 Å². The normalized spacial score (nSPS) is 30.8. The van der Waals surface area contributed by atoms with E-state index in [9.17, 15) is 13.6 Å². The quantitative estimate of drug-likeness (QED) is 0.741. The van der Waals surface area contributed by atoms with Gasteiger partial charge in [-0.2, -0.15) is 0 Å². The van der Waals surface area contributed by atoms with Gasteiger partial charge in [0.05, 0.1) is 19.2 Å². The van der Waals surface area contributed by atoms with E-state index in [0.717, 1.165) is 12.8 Å². The molecule has 0 aromatic carbocycles. The Hall–Kier alpha value is -0.910. The second kappa shape index (κ2) is 4.53. The predicted octanol–water partition coefficient (Wildman–Crippen LogP) is 1.22. The summed E-state index contributed by atoms with van der Waals surface area (Å²) in [5.74, 6) is -2.73. The highest BCUT2D eigenvalue weighted by Gasteiger charge is 2.40. The summed E-state index contributed by atoms with van der Waals surface area (Å²) in [6.45, 7) is 1.03. The Bertz CT molecular complexity index is 274. The van der Waals surface area contributed by atoms with Crippen molar-refractivity contribution in [1.82, 2.24) is 10.2 Å². The number of hydrogen-bond donors (Lipinski definition) is 1.